The van der Waals surface area contributed by atoms with E-state index in [-0.39, 0.29) is 5.69 Å². The van der Waals surface area contributed by atoms with Crippen molar-refractivity contribution in [3.8, 4) is 0 Å². The summed E-state index contributed by atoms with van der Waals surface area (Å²) in [6, 6.07) is 7.50. The largest absolute Gasteiger partial charge is 0.419 e. The topological polar surface area (TPSA) is 36.5 Å². The number of anilines is 3. The van der Waals surface area contributed by atoms with Gasteiger partial charge in [0.05, 0.1) is 24.5 Å². The van der Waals surface area contributed by atoms with E-state index in [2.05, 4.69) is 15.5 Å². The molecule has 4 nitrogen and oxygen atoms in total. The molecule has 0 radical (unpaired) electrons. The predicted molar refractivity (Wildman–Crippen MR) is 102 cm³/mol. The number of ether oxygens (including phenoxy) is 1. The van der Waals surface area contributed by atoms with E-state index in [1.807, 2.05) is 12.1 Å². The summed E-state index contributed by atoms with van der Waals surface area (Å²) >= 11 is 0. The first-order valence-electron chi connectivity index (χ1n) is 9.78. The Bertz CT molecular complexity index is 946. The third-order valence-electron chi connectivity index (χ3n) is 6.07. The molecule has 0 unspecified atom stereocenters. The maximum atomic E-state index is 14.5. The van der Waals surface area contributed by atoms with E-state index >= 15 is 0 Å². The zero-order valence-electron chi connectivity index (χ0n) is 15.7. The minimum absolute atomic E-state index is 0.185. The lowest BCUT2D eigenvalue weighted by molar-refractivity contribution is -0.139. The van der Waals surface area contributed by atoms with Crippen molar-refractivity contribution in [3.63, 3.8) is 0 Å². The summed E-state index contributed by atoms with van der Waals surface area (Å²) in [7, 11) is 0. The average molecular weight is 407 g/mol. The van der Waals surface area contributed by atoms with Gasteiger partial charge < -0.3 is 20.3 Å². The lowest BCUT2D eigenvalue weighted by Gasteiger charge is -2.33. The third kappa shape index (κ3) is 3.14. The SMILES string of the molecule is Fc1c(Nc2cc3c4c(c2)[C@@H]2CNCC[C@@H]2N4CCOC3)cccc1C(F)(F)F. The summed E-state index contributed by atoms with van der Waals surface area (Å²) in [4.78, 5) is 2.41. The summed E-state index contributed by atoms with van der Waals surface area (Å²) in [5.74, 6) is -0.981. The number of halogens is 4. The molecule has 1 saturated heterocycles. The zero-order valence-corrected chi connectivity index (χ0v) is 15.7. The molecule has 3 aliphatic heterocycles. The fourth-order valence-corrected chi connectivity index (χ4v) is 4.86. The van der Waals surface area contributed by atoms with Gasteiger partial charge in [0.1, 0.15) is 0 Å². The van der Waals surface area contributed by atoms with Gasteiger partial charge in [-0.2, -0.15) is 13.2 Å². The summed E-state index contributed by atoms with van der Waals surface area (Å²) in [6.45, 7) is 3.72. The predicted octanol–water partition coefficient (Wildman–Crippen LogP) is 4.38. The smallest absolute Gasteiger partial charge is 0.375 e. The van der Waals surface area contributed by atoms with Crippen molar-refractivity contribution in [3.05, 3.63) is 52.8 Å². The van der Waals surface area contributed by atoms with Crippen LogP contribution in [0.15, 0.2) is 30.3 Å². The lowest BCUT2D eigenvalue weighted by atomic mass is 9.89. The molecule has 2 atom stereocenters. The van der Waals surface area contributed by atoms with Crippen molar-refractivity contribution < 1.29 is 22.3 Å². The molecule has 0 amide bonds. The van der Waals surface area contributed by atoms with E-state index in [1.54, 1.807) is 0 Å². The van der Waals surface area contributed by atoms with Gasteiger partial charge in [-0.25, -0.2) is 4.39 Å². The van der Waals surface area contributed by atoms with Crippen molar-refractivity contribution in [2.75, 3.05) is 36.5 Å². The van der Waals surface area contributed by atoms with E-state index in [9.17, 15) is 17.6 Å². The Balaban J connectivity index is 1.55. The molecule has 29 heavy (non-hydrogen) atoms. The average Bonchev–Trinajstić information content (AvgIpc) is 2.84. The van der Waals surface area contributed by atoms with Crippen LogP contribution in [0.25, 0.3) is 0 Å². The number of alkyl halides is 3. The van der Waals surface area contributed by atoms with Crippen LogP contribution in [0.1, 0.15) is 29.0 Å². The van der Waals surface area contributed by atoms with Crippen LogP contribution in [-0.2, 0) is 17.5 Å². The number of piperidine rings is 1. The highest BCUT2D eigenvalue weighted by Gasteiger charge is 2.42. The Kier molecular flexibility index (Phi) is 4.43. The second-order valence-electron chi connectivity index (χ2n) is 7.78. The van der Waals surface area contributed by atoms with Crippen molar-refractivity contribution >= 4 is 17.1 Å². The number of rotatable bonds is 2. The van der Waals surface area contributed by atoms with E-state index in [1.165, 1.54) is 17.8 Å². The molecular weight excluding hydrogens is 386 g/mol. The van der Waals surface area contributed by atoms with Crippen LogP contribution in [0.2, 0.25) is 0 Å². The molecule has 0 aromatic heterocycles. The molecule has 1 fully saturated rings. The quantitative estimate of drug-likeness (QED) is 0.725. The molecule has 2 aromatic carbocycles. The molecule has 2 aromatic rings. The van der Waals surface area contributed by atoms with Gasteiger partial charge in [0, 0.05) is 42.0 Å². The van der Waals surface area contributed by atoms with Gasteiger partial charge in [-0.3, -0.25) is 0 Å². The molecule has 154 valence electrons. The van der Waals surface area contributed by atoms with Crippen molar-refractivity contribution in [1.82, 2.24) is 5.32 Å². The summed E-state index contributed by atoms with van der Waals surface area (Å²) in [5, 5.41) is 6.31. The van der Waals surface area contributed by atoms with Crippen LogP contribution in [0.5, 0.6) is 0 Å². The molecule has 2 N–H and O–H groups in total. The van der Waals surface area contributed by atoms with E-state index in [4.69, 9.17) is 4.74 Å². The fraction of sp³-hybridized carbons (Fsp3) is 0.429. The maximum Gasteiger partial charge on any atom is 0.419 e. The zero-order chi connectivity index (χ0) is 20.2. The third-order valence-corrected chi connectivity index (χ3v) is 6.07. The van der Waals surface area contributed by atoms with E-state index in [0.717, 1.165) is 43.2 Å². The highest BCUT2D eigenvalue weighted by molar-refractivity contribution is 5.74. The van der Waals surface area contributed by atoms with Gasteiger partial charge in [-0.15, -0.1) is 0 Å². The van der Waals surface area contributed by atoms with E-state index < -0.39 is 17.6 Å². The molecule has 5 rings (SSSR count). The molecule has 3 aliphatic rings. The Morgan fingerprint density at radius 3 is 2.90 bits per heavy atom. The first-order valence-corrected chi connectivity index (χ1v) is 9.78. The van der Waals surface area contributed by atoms with Crippen molar-refractivity contribution in [1.29, 1.82) is 0 Å². The second kappa shape index (κ2) is 6.88. The molecule has 3 heterocycles. The Labute approximate surface area is 165 Å². The Hall–Kier alpha value is -2.32. The molecule has 0 bridgehead atoms. The number of nitrogens with zero attached hydrogens (tertiary/aromatic N) is 1. The number of hydrogen-bond donors (Lipinski definition) is 2. The van der Waals surface area contributed by atoms with Gasteiger partial charge in [0.2, 0.25) is 0 Å². The maximum absolute atomic E-state index is 14.5. The first kappa shape index (κ1) is 18.7. The fourth-order valence-electron chi connectivity index (χ4n) is 4.86. The summed E-state index contributed by atoms with van der Waals surface area (Å²) < 4.78 is 59.4. The minimum atomic E-state index is -4.74. The van der Waals surface area contributed by atoms with E-state index in [0.29, 0.717) is 30.9 Å². The van der Waals surface area contributed by atoms with Crippen LogP contribution in [-0.4, -0.2) is 32.3 Å². The molecule has 0 spiro atoms. The Morgan fingerprint density at radius 1 is 1.21 bits per heavy atom. The molecular formula is C21H21F4N3O. The van der Waals surface area contributed by atoms with Gasteiger partial charge in [0.15, 0.2) is 5.82 Å². The number of fused-ring (bicyclic) bond motifs is 3. The van der Waals surface area contributed by atoms with Crippen LogP contribution < -0.4 is 15.5 Å². The molecule has 0 saturated carbocycles. The number of benzene rings is 2. The van der Waals surface area contributed by atoms with Crippen LogP contribution >= 0.6 is 0 Å². The van der Waals surface area contributed by atoms with Crippen molar-refractivity contribution in [2.45, 2.75) is 31.2 Å². The summed E-state index contributed by atoms with van der Waals surface area (Å²) in [6.07, 6.45) is -3.71. The monoisotopic (exact) mass is 407 g/mol. The Morgan fingerprint density at radius 2 is 2.07 bits per heavy atom. The lowest BCUT2D eigenvalue weighted by Crippen LogP contribution is -2.44. The summed E-state index contributed by atoms with van der Waals surface area (Å²) in [5.41, 5.74) is 2.44. The second-order valence-corrected chi connectivity index (χ2v) is 7.78. The standard InChI is InChI=1S/C21H21F4N3O/c22-19-16(21(23,24)25)2-1-3-17(19)27-13-8-12-11-29-7-6-28-18-4-5-26-10-15(18)14(9-13)20(12)28/h1-3,8-9,15,18,26-27H,4-7,10-11H2/t15-,18-/m0/s1. The van der Waals surface area contributed by atoms with Crippen molar-refractivity contribution in [2.24, 2.45) is 0 Å². The van der Waals surface area contributed by atoms with Gasteiger partial charge >= 0.3 is 6.18 Å². The molecule has 8 heteroatoms. The van der Waals surface area contributed by atoms with Gasteiger partial charge in [0.25, 0.3) is 0 Å². The molecule has 0 aliphatic carbocycles. The van der Waals surface area contributed by atoms with Gasteiger partial charge in [-0.1, -0.05) is 6.07 Å². The van der Waals surface area contributed by atoms with Crippen LogP contribution in [0.3, 0.4) is 0 Å². The normalized spacial score (nSPS) is 23.4. The van der Waals surface area contributed by atoms with Crippen LogP contribution in [0.4, 0.5) is 34.6 Å². The highest BCUT2D eigenvalue weighted by atomic mass is 19.4. The first-order chi connectivity index (χ1) is 13.9. The highest BCUT2D eigenvalue weighted by Crippen LogP contribution is 2.48. The minimum Gasteiger partial charge on any atom is -0.375 e. The van der Waals surface area contributed by atoms with Crippen LogP contribution in [0, 0.1) is 5.82 Å². The number of nitrogens with one attached hydrogen (secondary N) is 2. The van der Waals surface area contributed by atoms with Gasteiger partial charge in [-0.05, 0) is 42.8 Å². The number of hydrogen-bond acceptors (Lipinski definition) is 4.